The van der Waals surface area contributed by atoms with Crippen LogP contribution in [0.25, 0.3) is 6.08 Å². The van der Waals surface area contributed by atoms with Crippen molar-refractivity contribution in [3.63, 3.8) is 0 Å². The number of aliphatic imine (C=N–C) groups is 1. The van der Waals surface area contributed by atoms with Crippen molar-refractivity contribution in [2.75, 3.05) is 6.26 Å². The SMILES string of the molecule is CS(=O)(=O)C1=NN2C(=N)/C(=C/c3ccc(SCc4ccc(Cl)cc4)o3)C(=O)N=C2S1. The summed E-state index contributed by atoms with van der Waals surface area (Å²) in [6.45, 7) is 0. The number of carbonyl (C=O) groups is 1. The van der Waals surface area contributed by atoms with Crippen LogP contribution in [0.3, 0.4) is 0 Å². The molecule has 0 aliphatic carbocycles. The Bertz CT molecular complexity index is 1250. The van der Waals surface area contributed by atoms with Crippen LogP contribution in [0.5, 0.6) is 0 Å². The molecule has 2 aliphatic heterocycles. The number of rotatable bonds is 4. The predicted molar refractivity (Wildman–Crippen MR) is 120 cm³/mol. The van der Waals surface area contributed by atoms with Gasteiger partial charge in [-0.05, 0) is 47.7 Å². The maximum absolute atomic E-state index is 12.4. The van der Waals surface area contributed by atoms with E-state index in [1.807, 2.05) is 24.3 Å². The lowest BCUT2D eigenvalue weighted by molar-refractivity contribution is -0.114. The maximum atomic E-state index is 12.4. The van der Waals surface area contributed by atoms with E-state index < -0.39 is 15.7 Å². The van der Waals surface area contributed by atoms with E-state index in [1.165, 1.54) is 17.8 Å². The third-order valence-corrected chi connectivity index (χ3v) is 7.75. The van der Waals surface area contributed by atoms with E-state index in [1.54, 1.807) is 12.1 Å². The molecule has 30 heavy (non-hydrogen) atoms. The van der Waals surface area contributed by atoms with E-state index in [9.17, 15) is 13.2 Å². The number of fused-ring (bicyclic) bond motifs is 1. The van der Waals surface area contributed by atoms with Crippen molar-refractivity contribution in [2.45, 2.75) is 10.8 Å². The van der Waals surface area contributed by atoms with Gasteiger partial charge in [-0.2, -0.15) is 10.0 Å². The topological polar surface area (TPSA) is 116 Å². The Morgan fingerprint density at radius 2 is 2.00 bits per heavy atom. The smallest absolute Gasteiger partial charge is 0.283 e. The molecule has 1 N–H and O–H groups in total. The van der Waals surface area contributed by atoms with E-state index in [0.717, 1.165) is 28.6 Å². The maximum Gasteiger partial charge on any atom is 0.283 e. The Balaban J connectivity index is 1.51. The molecule has 0 atom stereocenters. The molecule has 3 heterocycles. The van der Waals surface area contributed by atoms with Crippen LogP contribution >= 0.6 is 35.1 Å². The van der Waals surface area contributed by atoms with E-state index >= 15 is 0 Å². The van der Waals surface area contributed by atoms with E-state index in [4.69, 9.17) is 21.4 Å². The first-order valence-electron chi connectivity index (χ1n) is 8.38. The Kier molecular flexibility index (Phi) is 5.62. The highest BCUT2D eigenvalue weighted by Crippen LogP contribution is 2.31. The number of carbonyl (C=O) groups excluding carboxylic acids is 1. The van der Waals surface area contributed by atoms with Gasteiger partial charge < -0.3 is 4.42 Å². The first-order valence-corrected chi connectivity index (χ1v) is 12.5. The highest BCUT2D eigenvalue weighted by atomic mass is 35.5. The van der Waals surface area contributed by atoms with Gasteiger partial charge >= 0.3 is 0 Å². The summed E-state index contributed by atoms with van der Waals surface area (Å²) in [6, 6.07) is 10.9. The molecule has 0 saturated heterocycles. The zero-order chi connectivity index (χ0) is 21.5. The van der Waals surface area contributed by atoms with Gasteiger partial charge in [0.25, 0.3) is 5.91 Å². The number of benzene rings is 1. The number of hydrogen-bond acceptors (Lipinski definition) is 8. The standard InChI is InChI=1S/C18H13ClN4O4S3/c1-30(25,26)18-22-23-15(20)13(16(24)21-17(23)29-18)8-12-6-7-14(27-12)28-9-10-2-4-11(19)5-3-10/h2-8,20H,9H2,1H3/b13-8-,20-15?. The van der Waals surface area contributed by atoms with Gasteiger partial charge in [0.2, 0.25) is 19.4 Å². The van der Waals surface area contributed by atoms with Crippen molar-refractivity contribution in [3.8, 4) is 0 Å². The van der Waals surface area contributed by atoms with Crippen LogP contribution in [0.4, 0.5) is 0 Å². The summed E-state index contributed by atoms with van der Waals surface area (Å²) in [5, 5.41) is 14.5. The summed E-state index contributed by atoms with van der Waals surface area (Å²) in [4.78, 5) is 16.2. The molecule has 0 spiro atoms. The van der Waals surface area contributed by atoms with E-state index in [-0.39, 0.29) is 21.0 Å². The van der Waals surface area contributed by atoms with Gasteiger partial charge in [0, 0.05) is 17.0 Å². The van der Waals surface area contributed by atoms with Gasteiger partial charge in [0.15, 0.2) is 10.9 Å². The lowest BCUT2D eigenvalue weighted by Gasteiger charge is -2.19. The summed E-state index contributed by atoms with van der Waals surface area (Å²) in [5.74, 6) is 0.134. The molecular weight excluding hydrogens is 468 g/mol. The number of amidine groups is 2. The van der Waals surface area contributed by atoms with Gasteiger partial charge in [-0.3, -0.25) is 10.2 Å². The normalized spacial score (nSPS) is 17.9. The summed E-state index contributed by atoms with van der Waals surface area (Å²) in [7, 11) is -3.57. The second-order valence-electron chi connectivity index (χ2n) is 6.23. The molecule has 154 valence electrons. The molecule has 1 amide bonds. The van der Waals surface area contributed by atoms with E-state index in [2.05, 4.69) is 10.1 Å². The molecule has 0 saturated carbocycles. The second-order valence-corrected chi connectivity index (χ2v) is 10.8. The number of nitrogens with one attached hydrogen (secondary N) is 1. The Hall–Kier alpha value is -2.34. The third kappa shape index (κ3) is 4.38. The summed E-state index contributed by atoms with van der Waals surface area (Å²) in [6.07, 6.45) is 2.40. The van der Waals surface area contributed by atoms with Crippen LogP contribution in [0.15, 0.2) is 61.6 Å². The molecule has 0 bridgehead atoms. The average molecular weight is 481 g/mol. The fourth-order valence-electron chi connectivity index (χ4n) is 2.49. The zero-order valence-electron chi connectivity index (χ0n) is 15.3. The van der Waals surface area contributed by atoms with Gasteiger partial charge in [0.1, 0.15) is 5.76 Å². The molecule has 0 unspecified atom stereocenters. The number of halogens is 1. The van der Waals surface area contributed by atoms with Crippen LogP contribution in [-0.2, 0) is 20.4 Å². The number of furan rings is 1. The fourth-order valence-corrected chi connectivity index (χ4v) is 5.12. The highest BCUT2D eigenvalue weighted by molar-refractivity contribution is 8.42. The van der Waals surface area contributed by atoms with Crippen molar-refractivity contribution in [1.29, 1.82) is 5.41 Å². The van der Waals surface area contributed by atoms with Crippen LogP contribution in [0, 0.1) is 5.41 Å². The van der Waals surface area contributed by atoms with Crippen molar-refractivity contribution >= 4 is 72.3 Å². The van der Waals surface area contributed by atoms with Gasteiger partial charge in [-0.25, -0.2) is 8.42 Å². The first kappa shape index (κ1) is 20.9. The van der Waals surface area contributed by atoms with Crippen LogP contribution in [0.1, 0.15) is 11.3 Å². The molecule has 0 radical (unpaired) electrons. The molecule has 1 aromatic heterocycles. The molecule has 4 rings (SSSR count). The molecule has 2 aliphatic rings. The molecule has 8 nitrogen and oxygen atoms in total. The number of hydrazone groups is 1. The third-order valence-electron chi connectivity index (χ3n) is 3.94. The van der Waals surface area contributed by atoms with Gasteiger partial charge in [-0.1, -0.05) is 35.5 Å². The number of amides is 1. The van der Waals surface area contributed by atoms with Crippen molar-refractivity contribution in [1.82, 2.24) is 5.01 Å². The molecular formula is C18H13ClN4O4S3. The minimum Gasteiger partial charge on any atom is -0.450 e. The van der Waals surface area contributed by atoms with Crippen molar-refractivity contribution in [2.24, 2.45) is 10.1 Å². The first-order chi connectivity index (χ1) is 14.2. The fraction of sp³-hybridized carbons (Fsp3) is 0.111. The molecule has 12 heteroatoms. The van der Waals surface area contributed by atoms with Crippen LogP contribution in [0.2, 0.25) is 5.02 Å². The molecule has 2 aromatic rings. The Morgan fingerprint density at radius 1 is 1.27 bits per heavy atom. The van der Waals surface area contributed by atoms with Crippen LogP contribution < -0.4 is 0 Å². The number of nitrogens with zero attached hydrogens (tertiary/aromatic N) is 3. The minimum absolute atomic E-state index is 0.0403. The highest BCUT2D eigenvalue weighted by Gasteiger charge is 2.38. The zero-order valence-corrected chi connectivity index (χ0v) is 18.5. The summed E-state index contributed by atoms with van der Waals surface area (Å²) >= 11 is 8.10. The summed E-state index contributed by atoms with van der Waals surface area (Å²) in [5.41, 5.74) is 1.04. The van der Waals surface area contributed by atoms with Gasteiger partial charge in [-0.15, -0.1) is 5.10 Å². The number of thioether (sulfide) groups is 2. The molecule has 1 aromatic carbocycles. The van der Waals surface area contributed by atoms with Gasteiger partial charge in [0.05, 0.1) is 5.57 Å². The monoisotopic (exact) mass is 480 g/mol. The predicted octanol–water partition coefficient (Wildman–Crippen LogP) is 3.85. The molecule has 0 fully saturated rings. The Morgan fingerprint density at radius 3 is 2.70 bits per heavy atom. The second kappa shape index (κ2) is 8.06. The lowest BCUT2D eigenvalue weighted by Crippen LogP contribution is -2.35. The quantitative estimate of drug-likeness (QED) is 0.521. The van der Waals surface area contributed by atoms with Crippen molar-refractivity contribution < 1.29 is 17.6 Å². The number of sulfone groups is 1. The largest absolute Gasteiger partial charge is 0.450 e. The van der Waals surface area contributed by atoms with Crippen molar-refractivity contribution in [3.05, 3.63) is 58.3 Å². The lowest BCUT2D eigenvalue weighted by atomic mass is 10.1. The Labute approximate surface area is 185 Å². The summed E-state index contributed by atoms with van der Waals surface area (Å²) < 4.78 is 28.9. The van der Waals surface area contributed by atoms with E-state index in [0.29, 0.717) is 21.6 Å². The van der Waals surface area contributed by atoms with Crippen LogP contribution in [-0.4, -0.2) is 41.0 Å². The average Bonchev–Trinajstić information content (AvgIpc) is 3.31. The number of hydrogen-bond donors (Lipinski definition) is 1. The minimum atomic E-state index is -3.57.